The third kappa shape index (κ3) is 4.95. The largest absolute Gasteiger partial charge is 0.497 e. The van der Waals surface area contributed by atoms with Crippen LogP contribution in [-0.2, 0) is 16.0 Å². The quantitative estimate of drug-likeness (QED) is 0.795. The van der Waals surface area contributed by atoms with Crippen LogP contribution in [0.3, 0.4) is 0 Å². The molecule has 0 saturated carbocycles. The lowest BCUT2D eigenvalue weighted by molar-refractivity contribution is -0.121. The summed E-state index contributed by atoms with van der Waals surface area (Å²) in [5.74, 6) is 1.31. The zero-order valence-corrected chi connectivity index (χ0v) is 16.7. The number of methoxy groups -OCH3 is 2. The summed E-state index contributed by atoms with van der Waals surface area (Å²) < 4.78 is 16.0. The molecule has 150 valence electrons. The third-order valence-corrected chi connectivity index (χ3v) is 4.99. The summed E-state index contributed by atoms with van der Waals surface area (Å²) >= 11 is 0. The van der Waals surface area contributed by atoms with Gasteiger partial charge >= 0.3 is 0 Å². The zero-order chi connectivity index (χ0) is 19.9. The van der Waals surface area contributed by atoms with Gasteiger partial charge in [-0.1, -0.05) is 18.2 Å². The van der Waals surface area contributed by atoms with Gasteiger partial charge in [-0.05, 0) is 30.7 Å². The van der Waals surface area contributed by atoms with Crippen LogP contribution >= 0.6 is 0 Å². The second-order valence-electron chi connectivity index (χ2n) is 6.83. The van der Waals surface area contributed by atoms with E-state index in [2.05, 4.69) is 34.5 Å². The predicted octanol–water partition coefficient (Wildman–Crippen LogP) is 2.96. The van der Waals surface area contributed by atoms with Gasteiger partial charge in [-0.25, -0.2) is 0 Å². The van der Waals surface area contributed by atoms with Gasteiger partial charge in [0.05, 0.1) is 39.9 Å². The van der Waals surface area contributed by atoms with Gasteiger partial charge in [-0.15, -0.1) is 0 Å². The van der Waals surface area contributed by atoms with Crippen molar-refractivity contribution in [3.05, 3.63) is 53.6 Å². The van der Waals surface area contributed by atoms with Crippen molar-refractivity contribution in [1.82, 2.24) is 5.32 Å². The molecule has 2 aromatic carbocycles. The molecule has 0 aromatic heterocycles. The Bertz CT molecular complexity index is 786. The number of anilines is 1. The summed E-state index contributed by atoms with van der Waals surface area (Å²) in [6, 6.07) is 13.8. The molecule has 6 nitrogen and oxygen atoms in total. The summed E-state index contributed by atoms with van der Waals surface area (Å²) in [5.41, 5.74) is 3.09. The van der Waals surface area contributed by atoms with E-state index in [9.17, 15) is 4.79 Å². The van der Waals surface area contributed by atoms with Gasteiger partial charge in [0.15, 0.2) is 0 Å². The van der Waals surface area contributed by atoms with Crippen LogP contribution in [0.15, 0.2) is 42.5 Å². The lowest BCUT2D eigenvalue weighted by atomic mass is 10.1. The fourth-order valence-corrected chi connectivity index (χ4v) is 3.34. The maximum Gasteiger partial charge on any atom is 0.225 e. The minimum absolute atomic E-state index is 0.0479. The highest BCUT2D eigenvalue weighted by Crippen LogP contribution is 2.25. The standard InChI is InChI=1S/C22H28N2O4/c1-16(17-4-7-19(8-5-17)24-10-12-28-13-11-24)23-22(25)14-18-6-9-20(26-2)15-21(18)27-3/h4-9,15-16H,10-14H2,1-3H3,(H,23,25). The molecule has 0 aliphatic carbocycles. The Morgan fingerprint density at radius 3 is 2.46 bits per heavy atom. The van der Waals surface area contributed by atoms with Gasteiger partial charge in [0.1, 0.15) is 11.5 Å². The topological polar surface area (TPSA) is 60.0 Å². The van der Waals surface area contributed by atoms with Crippen LogP contribution in [-0.4, -0.2) is 46.4 Å². The Hall–Kier alpha value is -2.73. The van der Waals surface area contributed by atoms with Crippen molar-refractivity contribution in [1.29, 1.82) is 0 Å². The van der Waals surface area contributed by atoms with Crippen molar-refractivity contribution in [3.8, 4) is 11.5 Å². The SMILES string of the molecule is COc1ccc(CC(=O)NC(C)c2ccc(N3CCOCC3)cc2)c(OC)c1. The average molecular weight is 384 g/mol. The Balaban J connectivity index is 1.59. The number of morpholine rings is 1. The summed E-state index contributed by atoms with van der Waals surface area (Å²) in [6.45, 7) is 5.35. The van der Waals surface area contributed by atoms with Gasteiger partial charge < -0.3 is 24.4 Å². The monoisotopic (exact) mass is 384 g/mol. The Kier molecular flexibility index (Phi) is 6.76. The molecule has 1 heterocycles. The van der Waals surface area contributed by atoms with E-state index < -0.39 is 0 Å². The molecule has 1 aliphatic rings. The van der Waals surface area contributed by atoms with Crippen LogP contribution in [0.1, 0.15) is 24.1 Å². The van der Waals surface area contributed by atoms with Crippen molar-refractivity contribution < 1.29 is 19.0 Å². The van der Waals surface area contributed by atoms with Gasteiger partial charge in [0.2, 0.25) is 5.91 Å². The van der Waals surface area contributed by atoms with E-state index in [-0.39, 0.29) is 18.4 Å². The highest BCUT2D eigenvalue weighted by molar-refractivity contribution is 5.80. The van der Waals surface area contributed by atoms with Crippen molar-refractivity contribution in [2.45, 2.75) is 19.4 Å². The molecule has 2 aromatic rings. The molecule has 0 radical (unpaired) electrons. The molecule has 1 unspecified atom stereocenters. The number of nitrogens with zero attached hydrogens (tertiary/aromatic N) is 1. The molecule has 0 spiro atoms. The van der Waals surface area contributed by atoms with E-state index in [1.807, 2.05) is 19.1 Å². The number of rotatable bonds is 7. The van der Waals surface area contributed by atoms with Crippen molar-refractivity contribution in [3.63, 3.8) is 0 Å². The first-order valence-corrected chi connectivity index (χ1v) is 9.53. The lowest BCUT2D eigenvalue weighted by Gasteiger charge is -2.29. The first-order valence-electron chi connectivity index (χ1n) is 9.53. The molecular formula is C22H28N2O4. The molecule has 0 bridgehead atoms. The van der Waals surface area contributed by atoms with E-state index >= 15 is 0 Å². The van der Waals surface area contributed by atoms with Crippen LogP contribution in [0.2, 0.25) is 0 Å². The highest BCUT2D eigenvalue weighted by atomic mass is 16.5. The van der Waals surface area contributed by atoms with E-state index in [1.54, 1.807) is 20.3 Å². The smallest absolute Gasteiger partial charge is 0.225 e. The number of amides is 1. The molecule has 6 heteroatoms. The molecule has 1 saturated heterocycles. The van der Waals surface area contributed by atoms with Gasteiger partial charge in [-0.2, -0.15) is 0 Å². The van der Waals surface area contributed by atoms with Gasteiger partial charge in [0, 0.05) is 30.4 Å². The minimum Gasteiger partial charge on any atom is -0.497 e. The Morgan fingerprint density at radius 1 is 1.11 bits per heavy atom. The Labute approximate surface area is 166 Å². The molecule has 28 heavy (non-hydrogen) atoms. The van der Waals surface area contributed by atoms with Crippen LogP contribution in [0, 0.1) is 0 Å². The fourth-order valence-electron chi connectivity index (χ4n) is 3.34. The Morgan fingerprint density at radius 2 is 1.82 bits per heavy atom. The summed E-state index contributed by atoms with van der Waals surface area (Å²) in [6.07, 6.45) is 0.253. The van der Waals surface area contributed by atoms with Crippen LogP contribution in [0.4, 0.5) is 5.69 Å². The molecule has 1 fully saturated rings. The van der Waals surface area contributed by atoms with Crippen LogP contribution in [0.25, 0.3) is 0 Å². The molecule has 1 N–H and O–H groups in total. The zero-order valence-electron chi connectivity index (χ0n) is 16.7. The number of benzene rings is 2. The third-order valence-electron chi connectivity index (χ3n) is 4.99. The summed E-state index contributed by atoms with van der Waals surface area (Å²) in [4.78, 5) is 14.8. The van der Waals surface area contributed by atoms with E-state index in [0.717, 1.165) is 37.4 Å². The highest BCUT2D eigenvalue weighted by Gasteiger charge is 2.15. The van der Waals surface area contributed by atoms with Gasteiger partial charge in [-0.3, -0.25) is 4.79 Å². The fraction of sp³-hybridized carbons (Fsp3) is 0.409. The van der Waals surface area contributed by atoms with Crippen molar-refractivity contribution in [2.24, 2.45) is 0 Å². The van der Waals surface area contributed by atoms with Crippen LogP contribution < -0.4 is 19.7 Å². The summed E-state index contributed by atoms with van der Waals surface area (Å²) in [5, 5.41) is 3.06. The molecular weight excluding hydrogens is 356 g/mol. The van der Waals surface area contributed by atoms with E-state index in [0.29, 0.717) is 11.5 Å². The first-order chi connectivity index (χ1) is 13.6. The number of hydrogen-bond donors (Lipinski definition) is 1. The second kappa shape index (κ2) is 9.46. The number of ether oxygens (including phenoxy) is 3. The predicted molar refractivity (Wildman–Crippen MR) is 109 cm³/mol. The average Bonchev–Trinajstić information content (AvgIpc) is 2.74. The normalized spacial score (nSPS) is 15.0. The van der Waals surface area contributed by atoms with Gasteiger partial charge in [0.25, 0.3) is 0 Å². The lowest BCUT2D eigenvalue weighted by Crippen LogP contribution is -2.36. The van der Waals surface area contributed by atoms with Crippen LogP contribution in [0.5, 0.6) is 11.5 Å². The molecule has 1 atom stereocenters. The maximum absolute atomic E-state index is 12.5. The molecule has 1 amide bonds. The van der Waals surface area contributed by atoms with E-state index in [4.69, 9.17) is 14.2 Å². The first kappa shape index (κ1) is 20.0. The maximum atomic E-state index is 12.5. The van der Waals surface area contributed by atoms with Crippen molar-refractivity contribution in [2.75, 3.05) is 45.4 Å². The second-order valence-corrected chi connectivity index (χ2v) is 6.83. The number of nitrogens with one attached hydrogen (secondary N) is 1. The van der Waals surface area contributed by atoms with Crippen molar-refractivity contribution >= 4 is 11.6 Å². The number of carbonyl (C=O) groups excluding carboxylic acids is 1. The summed E-state index contributed by atoms with van der Waals surface area (Å²) in [7, 11) is 3.20. The minimum atomic E-state index is -0.0736. The number of carbonyl (C=O) groups is 1. The van der Waals surface area contributed by atoms with E-state index in [1.165, 1.54) is 5.69 Å². The molecule has 1 aliphatic heterocycles. The number of hydrogen-bond acceptors (Lipinski definition) is 5. The molecule has 3 rings (SSSR count).